The lowest BCUT2D eigenvalue weighted by Gasteiger charge is -2.34. The molecule has 1 aromatic carbocycles. The van der Waals surface area contributed by atoms with E-state index in [1.54, 1.807) is 0 Å². The van der Waals surface area contributed by atoms with E-state index >= 15 is 0 Å². The molecule has 0 aliphatic carbocycles. The van der Waals surface area contributed by atoms with Crippen LogP contribution in [0.5, 0.6) is 0 Å². The molecule has 2 aromatic rings. The number of hydrogen-bond donors (Lipinski definition) is 1. The number of hydrogen-bond acceptors (Lipinski definition) is 3. The molecule has 1 aliphatic heterocycles. The molecule has 20 heavy (non-hydrogen) atoms. The Hall–Kier alpha value is -1.87. The van der Waals surface area contributed by atoms with Crippen molar-refractivity contribution in [2.24, 2.45) is 5.92 Å². The van der Waals surface area contributed by atoms with Crippen LogP contribution in [-0.2, 0) is 13.0 Å². The molecule has 0 saturated heterocycles. The number of benzene rings is 1. The summed E-state index contributed by atoms with van der Waals surface area (Å²) in [4.78, 5) is 6.98. The number of anilines is 2. The highest BCUT2D eigenvalue weighted by Gasteiger charge is 2.22. The smallest absolute Gasteiger partial charge is 0.132 e. The van der Waals surface area contributed by atoms with Gasteiger partial charge in [0.1, 0.15) is 5.82 Å². The summed E-state index contributed by atoms with van der Waals surface area (Å²) in [6, 6.07) is 12.9. The largest absolute Gasteiger partial charge is 0.326 e. The van der Waals surface area contributed by atoms with E-state index in [2.05, 4.69) is 58.5 Å². The summed E-state index contributed by atoms with van der Waals surface area (Å²) >= 11 is 0. The number of aromatic nitrogens is 1. The molecular weight excluding hydrogens is 246 g/mol. The van der Waals surface area contributed by atoms with Crippen LogP contribution in [0.15, 0.2) is 42.6 Å². The number of nitrogens with zero attached hydrogens (tertiary/aromatic N) is 2. The molecule has 2 heterocycles. The number of rotatable bonds is 3. The fraction of sp³-hybridized carbons (Fsp3) is 0.353. The van der Waals surface area contributed by atoms with E-state index in [0.29, 0.717) is 5.92 Å². The van der Waals surface area contributed by atoms with Gasteiger partial charge in [-0.1, -0.05) is 31.2 Å². The average Bonchev–Trinajstić information content (AvgIpc) is 2.47. The van der Waals surface area contributed by atoms with Gasteiger partial charge in [0.2, 0.25) is 0 Å². The van der Waals surface area contributed by atoms with Gasteiger partial charge in [-0.05, 0) is 42.6 Å². The van der Waals surface area contributed by atoms with Gasteiger partial charge in [-0.3, -0.25) is 0 Å². The monoisotopic (exact) mass is 267 g/mol. The molecule has 1 aliphatic rings. The fourth-order valence-electron chi connectivity index (χ4n) is 2.90. The molecule has 1 unspecified atom stereocenters. The Morgan fingerprint density at radius 1 is 1.25 bits per heavy atom. The second-order valence-electron chi connectivity index (χ2n) is 5.60. The van der Waals surface area contributed by atoms with Gasteiger partial charge < -0.3 is 10.2 Å². The molecule has 1 N–H and O–H groups in total. The van der Waals surface area contributed by atoms with Crippen molar-refractivity contribution < 1.29 is 0 Å². The Bertz CT molecular complexity index is 577. The topological polar surface area (TPSA) is 28.2 Å². The van der Waals surface area contributed by atoms with Crippen molar-refractivity contribution in [1.29, 1.82) is 0 Å². The molecule has 1 atom stereocenters. The molecule has 0 fully saturated rings. The van der Waals surface area contributed by atoms with Crippen LogP contribution in [-0.4, -0.2) is 18.6 Å². The predicted octanol–water partition coefficient (Wildman–Crippen LogP) is 3.13. The van der Waals surface area contributed by atoms with Gasteiger partial charge in [0, 0.05) is 25.0 Å². The number of fused-ring (bicyclic) bond motifs is 1. The van der Waals surface area contributed by atoms with Crippen LogP contribution < -0.4 is 10.2 Å². The summed E-state index contributed by atoms with van der Waals surface area (Å²) in [7, 11) is 1.95. The van der Waals surface area contributed by atoms with Crippen LogP contribution in [0.2, 0.25) is 0 Å². The molecule has 1 aromatic heterocycles. The summed E-state index contributed by atoms with van der Waals surface area (Å²) in [5.41, 5.74) is 3.95. The van der Waals surface area contributed by atoms with Crippen LogP contribution in [0.3, 0.4) is 0 Å². The Kier molecular flexibility index (Phi) is 3.70. The zero-order chi connectivity index (χ0) is 13.9. The SMILES string of the molecule is CNCc1ccc(N2CC(C)Cc3ccccc32)nc1. The first-order valence-corrected chi connectivity index (χ1v) is 7.23. The first kappa shape index (κ1) is 13.1. The van der Waals surface area contributed by atoms with Crippen molar-refractivity contribution in [3.63, 3.8) is 0 Å². The lowest BCUT2D eigenvalue weighted by Crippen LogP contribution is -2.30. The maximum atomic E-state index is 4.64. The Morgan fingerprint density at radius 2 is 2.10 bits per heavy atom. The van der Waals surface area contributed by atoms with Gasteiger partial charge >= 0.3 is 0 Å². The summed E-state index contributed by atoms with van der Waals surface area (Å²) in [5.74, 6) is 1.70. The summed E-state index contributed by atoms with van der Waals surface area (Å²) < 4.78 is 0. The second-order valence-corrected chi connectivity index (χ2v) is 5.60. The van der Waals surface area contributed by atoms with Crippen LogP contribution in [0.25, 0.3) is 0 Å². The average molecular weight is 267 g/mol. The van der Waals surface area contributed by atoms with Crippen molar-refractivity contribution in [3.05, 3.63) is 53.7 Å². The second kappa shape index (κ2) is 5.63. The number of pyridine rings is 1. The maximum absolute atomic E-state index is 4.64. The summed E-state index contributed by atoms with van der Waals surface area (Å²) in [5, 5.41) is 3.15. The molecule has 0 amide bonds. The van der Waals surface area contributed by atoms with Gasteiger partial charge in [0.05, 0.1) is 0 Å². The van der Waals surface area contributed by atoms with Crippen LogP contribution in [0.4, 0.5) is 11.5 Å². The van der Waals surface area contributed by atoms with E-state index in [1.807, 2.05) is 13.2 Å². The Labute approximate surface area is 120 Å². The van der Waals surface area contributed by atoms with Crippen molar-refractivity contribution in [2.75, 3.05) is 18.5 Å². The van der Waals surface area contributed by atoms with E-state index in [0.717, 1.165) is 25.3 Å². The third kappa shape index (κ3) is 2.54. The number of para-hydroxylation sites is 1. The highest BCUT2D eigenvalue weighted by Crippen LogP contribution is 2.34. The molecule has 3 heteroatoms. The van der Waals surface area contributed by atoms with Crippen LogP contribution in [0, 0.1) is 5.92 Å². The van der Waals surface area contributed by atoms with Crippen molar-refractivity contribution in [2.45, 2.75) is 19.9 Å². The van der Waals surface area contributed by atoms with Crippen molar-refractivity contribution in [1.82, 2.24) is 10.3 Å². The van der Waals surface area contributed by atoms with E-state index in [-0.39, 0.29) is 0 Å². The fourth-order valence-corrected chi connectivity index (χ4v) is 2.90. The molecule has 0 radical (unpaired) electrons. The zero-order valence-electron chi connectivity index (χ0n) is 12.1. The molecular formula is C17H21N3. The third-order valence-electron chi connectivity index (χ3n) is 3.81. The summed E-state index contributed by atoms with van der Waals surface area (Å²) in [6.07, 6.45) is 3.12. The maximum Gasteiger partial charge on any atom is 0.132 e. The standard InChI is InChI=1S/C17H21N3/c1-13-9-15-5-3-4-6-16(15)20(12-13)17-8-7-14(10-18-2)11-19-17/h3-8,11,13,18H,9-10,12H2,1-2H3. The van der Waals surface area contributed by atoms with Gasteiger partial charge in [-0.2, -0.15) is 0 Å². The molecule has 3 nitrogen and oxygen atoms in total. The van der Waals surface area contributed by atoms with Crippen LogP contribution in [0.1, 0.15) is 18.1 Å². The quantitative estimate of drug-likeness (QED) is 0.926. The van der Waals surface area contributed by atoms with E-state index in [9.17, 15) is 0 Å². The normalized spacial score (nSPS) is 17.9. The summed E-state index contributed by atoms with van der Waals surface area (Å²) in [6.45, 7) is 4.20. The van der Waals surface area contributed by atoms with Crippen molar-refractivity contribution in [3.8, 4) is 0 Å². The van der Waals surface area contributed by atoms with Crippen molar-refractivity contribution >= 4 is 11.5 Å². The van der Waals surface area contributed by atoms with E-state index in [1.165, 1.54) is 16.8 Å². The molecule has 0 saturated carbocycles. The minimum atomic E-state index is 0.656. The molecule has 104 valence electrons. The minimum absolute atomic E-state index is 0.656. The van der Waals surface area contributed by atoms with E-state index < -0.39 is 0 Å². The lowest BCUT2D eigenvalue weighted by atomic mass is 9.94. The zero-order valence-corrected chi connectivity index (χ0v) is 12.1. The highest BCUT2D eigenvalue weighted by atomic mass is 15.2. The lowest BCUT2D eigenvalue weighted by molar-refractivity contribution is 0.560. The van der Waals surface area contributed by atoms with Gasteiger partial charge in [0.25, 0.3) is 0 Å². The van der Waals surface area contributed by atoms with Crippen LogP contribution >= 0.6 is 0 Å². The third-order valence-corrected chi connectivity index (χ3v) is 3.81. The van der Waals surface area contributed by atoms with Gasteiger partial charge in [0.15, 0.2) is 0 Å². The van der Waals surface area contributed by atoms with E-state index in [4.69, 9.17) is 0 Å². The molecule has 0 bridgehead atoms. The molecule has 3 rings (SSSR count). The molecule has 0 spiro atoms. The Morgan fingerprint density at radius 3 is 2.85 bits per heavy atom. The first-order valence-electron chi connectivity index (χ1n) is 7.23. The Balaban J connectivity index is 1.93. The minimum Gasteiger partial charge on any atom is -0.326 e. The van der Waals surface area contributed by atoms with Gasteiger partial charge in [-0.15, -0.1) is 0 Å². The highest BCUT2D eigenvalue weighted by molar-refractivity contribution is 5.65. The number of nitrogens with one attached hydrogen (secondary N) is 1. The first-order chi connectivity index (χ1) is 9.78. The van der Waals surface area contributed by atoms with Gasteiger partial charge in [-0.25, -0.2) is 4.98 Å². The predicted molar refractivity (Wildman–Crippen MR) is 83.3 cm³/mol.